The minimum Gasteiger partial charge on any atom is -0.496 e. The van der Waals surface area contributed by atoms with Gasteiger partial charge in [0.05, 0.1) is 37.6 Å². The fraction of sp³-hybridized carbons (Fsp3) is 0.219. The van der Waals surface area contributed by atoms with Gasteiger partial charge in [0, 0.05) is 26.3 Å². The third kappa shape index (κ3) is 6.49. The molecule has 230 valence electrons. The summed E-state index contributed by atoms with van der Waals surface area (Å²) in [6, 6.07) is 19.6. The number of likely N-dealkylation sites (N-methyl/N-ethyl adjacent to an activating group) is 1. The average Bonchev–Trinajstić information content (AvgIpc) is 3.11. The zero-order valence-electron chi connectivity index (χ0n) is 24.3. The molecule has 0 aliphatic carbocycles. The number of rotatable bonds is 7. The van der Waals surface area contributed by atoms with Crippen molar-refractivity contribution in [3.05, 3.63) is 93.4 Å². The Kier molecular flexibility index (Phi) is 10.4. The number of hydrogen-bond donors (Lipinski definition) is 3. The number of hydrogen-bond acceptors (Lipinski definition) is 6. The summed E-state index contributed by atoms with van der Waals surface area (Å²) < 4.78 is 6.64. The second kappa shape index (κ2) is 13.9. The van der Waals surface area contributed by atoms with E-state index in [2.05, 4.69) is 26.6 Å². The zero-order valence-corrected chi connectivity index (χ0v) is 27.4. The minimum absolute atomic E-state index is 0. The van der Waals surface area contributed by atoms with E-state index >= 15 is 0 Å². The molecule has 1 aliphatic rings. The number of anilines is 3. The van der Waals surface area contributed by atoms with Crippen LogP contribution in [0.1, 0.15) is 22.8 Å². The predicted octanol–water partition coefficient (Wildman–Crippen LogP) is 5.55. The lowest BCUT2D eigenvalue weighted by Gasteiger charge is -2.27. The standard InChI is InChI=1S/C32H31BrClN5O4.ClH/c1-18(36-2)30(40)37-26-17-39(31(41)19-7-10-21(35)11-8-19)28-15-20(34)9-13-27(28)38(32(26)42)16-24-22-5-4-6-25(33)23(22)12-14-29(24)43-3;/h4-15,18,26,36H,16-17,35H2,1-3H3,(H,37,40);1H/t18-,26-;/m0./s1. The van der Waals surface area contributed by atoms with Crippen molar-refractivity contribution in [2.75, 3.05) is 36.2 Å². The molecule has 1 heterocycles. The molecule has 4 N–H and O–H groups in total. The molecular formula is C32H32BrCl2N5O4. The summed E-state index contributed by atoms with van der Waals surface area (Å²) >= 11 is 10.1. The number of nitrogen functional groups attached to an aromatic ring is 1. The van der Waals surface area contributed by atoms with Crippen molar-refractivity contribution in [1.82, 2.24) is 10.6 Å². The van der Waals surface area contributed by atoms with E-state index in [4.69, 9.17) is 22.1 Å². The summed E-state index contributed by atoms with van der Waals surface area (Å²) in [7, 11) is 3.24. The topological polar surface area (TPSA) is 117 Å². The smallest absolute Gasteiger partial charge is 0.258 e. The van der Waals surface area contributed by atoms with Gasteiger partial charge in [0.2, 0.25) is 5.91 Å². The third-order valence-electron chi connectivity index (χ3n) is 7.61. The molecule has 1 aliphatic heterocycles. The van der Waals surface area contributed by atoms with Gasteiger partial charge in [-0.3, -0.25) is 14.4 Å². The van der Waals surface area contributed by atoms with Crippen molar-refractivity contribution in [2.24, 2.45) is 0 Å². The van der Waals surface area contributed by atoms with E-state index in [1.54, 1.807) is 68.4 Å². The Labute approximate surface area is 275 Å². The van der Waals surface area contributed by atoms with Gasteiger partial charge >= 0.3 is 0 Å². The van der Waals surface area contributed by atoms with Gasteiger partial charge < -0.3 is 30.9 Å². The van der Waals surface area contributed by atoms with E-state index in [0.29, 0.717) is 33.4 Å². The van der Waals surface area contributed by atoms with Crippen LogP contribution in [0.4, 0.5) is 17.1 Å². The molecule has 0 bridgehead atoms. The molecule has 0 saturated carbocycles. The van der Waals surface area contributed by atoms with Crippen LogP contribution in [0.15, 0.2) is 77.3 Å². The summed E-state index contributed by atoms with van der Waals surface area (Å²) in [4.78, 5) is 44.6. The van der Waals surface area contributed by atoms with Gasteiger partial charge in [-0.05, 0) is 85.4 Å². The number of carbonyl (C=O) groups excluding carboxylic acids is 3. The van der Waals surface area contributed by atoms with E-state index in [0.717, 1.165) is 20.8 Å². The number of nitrogens with two attached hydrogens (primary N) is 1. The maximum Gasteiger partial charge on any atom is 0.258 e. The van der Waals surface area contributed by atoms with Crippen LogP contribution >= 0.6 is 39.9 Å². The van der Waals surface area contributed by atoms with Crippen LogP contribution < -0.4 is 30.9 Å². The summed E-state index contributed by atoms with van der Waals surface area (Å²) in [6.07, 6.45) is 0. The van der Waals surface area contributed by atoms with Crippen molar-refractivity contribution >= 4 is 85.5 Å². The molecule has 0 fully saturated rings. The first kappa shape index (κ1) is 33.1. The predicted molar refractivity (Wildman–Crippen MR) is 181 cm³/mol. The minimum atomic E-state index is -1.07. The first-order valence-electron chi connectivity index (χ1n) is 13.6. The summed E-state index contributed by atoms with van der Waals surface area (Å²) in [5.74, 6) is -0.540. The molecule has 44 heavy (non-hydrogen) atoms. The Hall–Kier alpha value is -3.83. The lowest BCUT2D eigenvalue weighted by molar-refractivity contribution is -0.128. The fourth-order valence-corrected chi connectivity index (χ4v) is 5.82. The summed E-state index contributed by atoms with van der Waals surface area (Å²) in [6.45, 7) is 1.67. The van der Waals surface area contributed by atoms with Crippen LogP contribution in [0.25, 0.3) is 10.8 Å². The van der Waals surface area contributed by atoms with Gasteiger partial charge in [-0.15, -0.1) is 12.4 Å². The number of benzene rings is 4. The first-order chi connectivity index (χ1) is 20.6. The van der Waals surface area contributed by atoms with Crippen LogP contribution in [0.2, 0.25) is 5.02 Å². The number of amides is 3. The van der Waals surface area contributed by atoms with Gasteiger partial charge in [0.25, 0.3) is 11.8 Å². The maximum atomic E-state index is 14.4. The quantitative estimate of drug-likeness (QED) is 0.218. The molecule has 0 spiro atoms. The summed E-state index contributed by atoms with van der Waals surface area (Å²) in [5.41, 5.74) is 8.41. The molecule has 3 amide bonds. The molecule has 4 aromatic carbocycles. The molecule has 0 saturated heterocycles. The third-order valence-corrected chi connectivity index (χ3v) is 8.53. The van der Waals surface area contributed by atoms with Crippen LogP contribution in [-0.2, 0) is 16.1 Å². The Morgan fingerprint density at radius 1 is 1.07 bits per heavy atom. The van der Waals surface area contributed by atoms with E-state index in [1.165, 1.54) is 4.90 Å². The van der Waals surface area contributed by atoms with Crippen LogP contribution in [-0.4, -0.2) is 50.5 Å². The summed E-state index contributed by atoms with van der Waals surface area (Å²) in [5, 5.41) is 7.99. The number of fused-ring (bicyclic) bond motifs is 2. The number of nitrogens with zero attached hydrogens (tertiary/aromatic N) is 2. The Morgan fingerprint density at radius 2 is 1.80 bits per heavy atom. The second-order valence-electron chi connectivity index (χ2n) is 10.2. The number of methoxy groups -OCH3 is 1. The molecule has 12 heteroatoms. The van der Waals surface area contributed by atoms with Crippen LogP contribution in [0.5, 0.6) is 5.75 Å². The van der Waals surface area contributed by atoms with Gasteiger partial charge in [-0.2, -0.15) is 0 Å². The fourth-order valence-electron chi connectivity index (χ4n) is 5.15. The zero-order chi connectivity index (χ0) is 30.8. The molecule has 2 atom stereocenters. The molecule has 9 nitrogen and oxygen atoms in total. The van der Waals surface area contributed by atoms with E-state index in [9.17, 15) is 14.4 Å². The van der Waals surface area contributed by atoms with Crippen molar-refractivity contribution in [3.8, 4) is 5.75 Å². The largest absolute Gasteiger partial charge is 0.496 e. The number of ether oxygens (including phenoxy) is 1. The Balaban J connectivity index is 0.00000442. The first-order valence-corrected chi connectivity index (χ1v) is 14.8. The highest BCUT2D eigenvalue weighted by molar-refractivity contribution is 9.10. The Morgan fingerprint density at radius 3 is 2.48 bits per heavy atom. The van der Waals surface area contributed by atoms with E-state index < -0.39 is 12.1 Å². The Bertz CT molecular complexity index is 1720. The molecular weight excluding hydrogens is 669 g/mol. The van der Waals surface area contributed by atoms with Crippen LogP contribution in [0.3, 0.4) is 0 Å². The number of nitrogens with one attached hydrogen (secondary N) is 2. The number of carbonyl (C=O) groups is 3. The normalized spacial score (nSPS) is 15.2. The lowest BCUT2D eigenvalue weighted by Crippen LogP contribution is -2.55. The van der Waals surface area contributed by atoms with Gasteiger partial charge in [-0.1, -0.05) is 39.7 Å². The SMILES string of the molecule is CN[C@@H](C)C(=O)N[C@H]1CN(C(=O)c2ccc(N)cc2)c2cc(Cl)ccc2N(Cc2c(OC)ccc3c(Br)cccc23)C1=O.Cl. The molecule has 0 unspecified atom stereocenters. The van der Waals surface area contributed by atoms with E-state index in [1.807, 2.05) is 30.3 Å². The van der Waals surface area contributed by atoms with Crippen molar-refractivity contribution in [3.63, 3.8) is 0 Å². The van der Waals surface area contributed by atoms with E-state index in [-0.39, 0.29) is 43.2 Å². The highest BCUT2D eigenvalue weighted by Crippen LogP contribution is 2.40. The van der Waals surface area contributed by atoms with Crippen molar-refractivity contribution in [2.45, 2.75) is 25.6 Å². The highest BCUT2D eigenvalue weighted by atomic mass is 79.9. The molecule has 4 aromatic rings. The maximum absolute atomic E-state index is 14.4. The van der Waals surface area contributed by atoms with Crippen molar-refractivity contribution in [1.29, 1.82) is 0 Å². The highest BCUT2D eigenvalue weighted by Gasteiger charge is 2.38. The van der Waals surface area contributed by atoms with Crippen LogP contribution in [0, 0.1) is 0 Å². The number of halogens is 3. The molecule has 0 radical (unpaired) electrons. The van der Waals surface area contributed by atoms with Gasteiger partial charge in [0.15, 0.2) is 0 Å². The monoisotopic (exact) mass is 699 g/mol. The van der Waals surface area contributed by atoms with Crippen molar-refractivity contribution < 1.29 is 19.1 Å². The average molecular weight is 701 g/mol. The molecule has 0 aromatic heterocycles. The second-order valence-corrected chi connectivity index (χ2v) is 11.5. The van der Waals surface area contributed by atoms with Gasteiger partial charge in [0.1, 0.15) is 11.8 Å². The molecule has 5 rings (SSSR count). The lowest BCUT2D eigenvalue weighted by atomic mass is 10.0. The van der Waals surface area contributed by atoms with Gasteiger partial charge in [-0.25, -0.2) is 0 Å².